The van der Waals surface area contributed by atoms with Crippen LogP contribution in [0.1, 0.15) is 23.6 Å². The van der Waals surface area contributed by atoms with Gasteiger partial charge in [0.2, 0.25) is 0 Å². The van der Waals surface area contributed by atoms with E-state index in [2.05, 4.69) is 43.8 Å². The van der Waals surface area contributed by atoms with Crippen LogP contribution in [-0.4, -0.2) is 24.5 Å². The molecule has 0 aliphatic carbocycles. The summed E-state index contributed by atoms with van der Waals surface area (Å²) in [6.45, 7) is 2.35. The van der Waals surface area contributed by atoms with Crippen LogP contribution in [0.4, 0.5) is 10.5 Å². The molecule has 3 aromatic carbocycles. The second kappa shape index (κ2) is 10.9. The minimum atomic E-state index is -0.826. The number of rotatable bonds is 6. The first-order valence-electron chi connectivity index (χ1n) is 10.6. The fourth-order valence-electron chi connectivity index (χ4n) is 3.68. The van der Waals surface area contributed by atoms with E-state index in [1.165, 1.54) is 12.1 Å². The minimum Gasteiger partial charge on any atom is -0.494 e. The maximum absolute atomic E-state index is 13.2. The molecular weight excluding hydrogens is 647 g/mol. The van der Waals surface area contributed by atoms with Crippen molar-refractivity contribution in [3.63, 3.8) is 0 Å². The number of carbonyl (C=O) groups is 3. The van der Waals surface area contributed by atoms with Gasteiger partial charge < -0.3 is 4.74 Å². The van der Waals surface area contributed by atoms with Crippen molar-refractivity contribution in [2.75, 3.05) is 11.5 Å². The molecule has 4 rings (SSSR count). The lowest BCUT2D eigenvalue weighted by Gasteiger charge is -2.26. The third-order valence-corrected chi connectivity index (χ3v) is 7.25. The zero-order valence-electron chi connectivity index (χ0n) is 18.5. The summed E-state index contributed by atoms with van der Waals surface area (Å²) in [5, 5.41) is 2.59. The van der Waals surface area contributed by atoms with E-state index in [4.69, 9.17) is 16.3 Å². The number of benzene rings is 3. The molecule has 1 aliphatic heterocycles. The predicted octanol–water partition coefficient (Wildman–Crippen LogP) is 6.36. The first-order valence-corrected chi connectivity index (χ1v) is 12.9. The Morgan fingerprint density at radius 3 is 2.57 bits per heavy atom. The zero-order chi connectivity index (χ0) is 25.1. The number of amides is 4. The Bertz CT molecular complexity index is 1380. The Balaban J connectivity index is 1.73. The van der Waals surface area contributed by atoms with Gasteiger partial charge >= 0.3 is 6.03 Å². The Hall–Kier alpha value is -2.69. The molecule has 0 aromatic heterocycles. The van der Waals surface area contributed by atoms with Crippen molar-refractivity contribution in [2.45, 2.75) is 13.3 Å². The lowest BCUT2D eigenvalue weighted by molar-refractivity contribution is -0.122. The van der Waals surface area contributed by atoms with Crippen LogP contribution in [0.5, 0.6) is 5.75 Å². The number of anilines is 1. The first-order chi connectivity index (χ1) is 16.8. The summed E-state index contributed by atoms with van der Waals surface area (Å²) in [6, 6.07) is 17.1. The summed E-state index contributed by atoms with van der Waals surface area (Å²) in [5.74, 6) is -0.830. The summed E-state index contributed by atoms with van der Waals surface area (Å²) in [7, 11) is 0. The van der Waals surface area contributed by atoms with Gasteiger partial charge in [-0.05, 0) is 83.1 Å². The van der Waals surface area contributed by atoms with Crippen molar-refractivity contribution in [1.29, 1.82) is 0 Å². The summed E-state index contributed by atoms with van der Waals surface area (Å²) in [6.07, 6.45) is 2.11. The molecular formula is C26H19BrClIN2O4. The highest BCUT2D eigenvalue weighted by Gasteiger charge is 2.37. The van der Waals surface area contributed by atoms with Gasteiger partial charge in [0.15, 0.2) is 0 Å². The maximum atomic E-state index is 13.2. The van der Waals surface area contributed by atoms with Crippen LogP contribution in [0.25, 0.3) is 6.08 Å². The molecule has 0 bridgehead atoms. The molecule has 4 amide bonds. The number of urea groups is 1. The molecule has 1 aliphatic rings. The van der Waals surface area contributed by atoms with Gasteiger partial charge in [-0.2, -0.15) is 0 Å². The van der Waals surface area contributed by atoms with Gasteiger partial charge in [0.25, 0.3) is 11.8 Å². The molecule has 3 aromatic rings. The Morgan fingerprint density at radius 1 is 1.09 bits per heavy atom. The molecule has 178 valence electrons. The van der Waals surface area contributed by atoms with E-state index in [-0.39, 0.29) is 11.3 Å². The van der Waals surface area contributed by atoms with E-state index in [1.54, 1.807) is 24.3 Å². The number of barbiturate groups is 1. The molecule has 35 heavy (non-hydrogen) atoms. The number of halogens is 3. The van der Waals surface area contributed by atoms with Crippen molar-refractivity contribution in [1.82, 2.24) is 5.32 Å². The van der Waals surface area contributed by atoms with Crippen LogP contribution in [0, 0.1) is 3.57 Å². The molecule has 1 fully saturated rings. The standard InChI is InChI=1S/C26H19BrClIN2O4/c1-2-35-23-12-15(11-22(29)19(23)13-16-6-3-4-9-21(16)27)10-20-24(32)30-26(34)31(25(20)33)18-8-5-7-17(28)14-18/h3-12,14H,2,13H2,1H3,(H,30,32,34)/b20-10+. The highest BCUT2D eigenvalue weighted by molar-refractivity contribution is 14.1. The Labute approximate surface area is 229 Å². The van der Waals surface area contributed by atoms with Crippen molar-refractivity contribution in [2.24, 2.45) is 0 Å². The molecule has 0 unspecified atom stereocenters. The smallest absolute Gasteiger partial charge is 0.335 e. The number of carbonyl (C=O) groups excluding carboxylic acids is 3. The van der Waals surface area contributed by atoms with Gasteiger partial charge in [-0.3, -0.25) is 14.9 Å². The van der Waals surface area contributed by atoms with E-state index in [0.717, 1.165) is 24.1 Å². The average molecular weight is 666 g/mol. The fraction of sp³-hybridized carbons (Fsp3) is 0.115. The van der Waals surface area contributed by atoms with Crippen molar-refractivity contribution >= 4 is 79.7 Å². The number of nitrogens with zero attached hydrogens (tertiary/aromatic N) is 1. The molecule has 0 spiro atoms. The molecule has 0 saturated carbocycles. The number of ether oxygens (including phenoxy) is 1. The van der Waals surface area contributed by atoms with Gasteiger partial charge in [0, 0.05) is 25.0 Å². The molecule has 1 heterocycles. The zero-order valence-corrected chi connectivity index (χ0v) is 23.0. The number of hydrogen-bond donors (Lipinski definition) is 1. The molecule has 0 atom stereocenters. The number of nitrogens with one attached hydrogen (secondary N) is 1. The highest BCUT2D eigenvalue weighted by atomic mass is 127. The van der Waals surface area contributed by atoms with E-state index < -0.39 is 17.8 Å². The van der Waals surface area contributed by atoms with Gasteiger partial charge in [-0.25, -0.2) is 9.69 Å². The minimum absolute atomic E-state index is 0.165. The van der Waals surface area contributed by atoms with Crippen LogP contribution in [0.2, 0.25) is 5.02 Å². The predicted molar refractivity (Wildman–Crippen MR) is 148 cm³/mol. The van der Waals surface area contributed by atoms with Gasteiger partial charge in [0.05, 0.1) is 12.3 Å². The van der Waals surface area contributed by atoms with Crippen molar-refractivity contribution in [3.05, 3.63) is 96.0 Å². The second-order valence-corrected chi connectivity index (χ2v) is 10.1. The second-order valence-electron chi connectivity index (χ2n) is 7.62. The monoisotopic (exact) mass is 664 g/mol. The summed E-state index contributed by atoms with van der Waals surface area (Å²) < 4.78 is 7.84. The lowest BCUT2D eigenvalue weighted by atomic mass is 10.0. The fourth-order valence-corrected chi connectivity index (χ4v) is 5.10. The normalized spacial score (nSPS) is 14.9. The maximum Gasteiger partial charge on any atom is 0.335 e. The van der Waals surface area contributed by atoms with Crippen LogP contribution in [0.3, 0.4) is 0 Å². The van der Waals surface area contributed by atoms with E-state index in [9.17, 15) is 14.4 Å². The summed E-state index contributed by atoms with van der Waals surface area (Å²) in [4.78, 5) is 39.1. The SMILES string of the molecule is CCOc1cc(/C=C2\C(=O)NC(=O)N(c3cccc(Cl)c3)C2=O)cc(I)c1Cc1ccccc1Br. The highest BCUT2D eigenvalue weighted by Crippen LogP contribution is 2.32. The van der Waals surface area contributed by atoms with E-state index >= 15 is 0 Å². The van der Waals surface area contributed by atoms with Crippen LogP contribution >= 0.6 is 50.1 Å². The Morgan fingerprint density at radius 2 is 1.86 bits per heavy atom. The third-order valence-electron chi connectivity index (χ3n) is 5.28. The van der Waals surface area contributed by atoms with Crippen molar-refractivity contribution in [3.8, 4) is 5.75 Å². The molecule has 1 saturated heterocycles. The van der Waals surface area contributed by atoms with Crippen molar-refractivity contribution < 1.29 is 19.1 Å². The average Bonchev–Trinajstić information content (AvgIpc) is 2.80. The first kappa shape index (κ1) is 25.4. The van der Waals surface area contributed by atoms with Gasteiger partial charge in [0.1, 0.15) is 11.3 Å². The van der Waals surface area contributed by atoms with E-state index in [0.29, 0.717) is 29.4 Å². The topological polar surface area (TPSA) is 75.7 Å². The quantitative estimate of drug-likeness (QED) is 0.189. The summed E-state index contributed by atoms with van der Waals surface area (Å²) in [5.41, 5.74) is 2.81. The van der Waals surface area contributed by atoms with Gasteiger partial charge in [-0.15, -0.1) is 0 Å². The molecule has 9 heteroatoms. The largest absolute Gasteiger partial charge is 0.494 e. The summed E-state index contributed by atoms with van der Waals surface area (Å²) >= 11 is 11.9. The molecule has 1 N–H and O–H groups in total. The molecule has 0 radical (unpaired) electrons. The lowest BCUT2D eigenvalue weighted by Crippen LogP contribution is -2.54. The van der Waals surface area contributed by atoms with E-state index in [1.807, 2.05) is 37.3 Å². The van der Waals surface area contributed by atoms with Crippen LogP contribution < -0.4 is 15.0 Å². The molecule has 6 nitrogen and oxygen atoms in total. The van der Waals surface area contributed by atoms with Gasteiger partial charge in [-0.1, -0.05) is 51.8 Å². The number of imide groups is 2. The third kappa shape index (κ3) is 5.60. The Kier molecular flexibility index (Phi) is 7.93. The van der Waals surface area contributed by atoms with Crippen LogP contribution in [-0.2, 0) is 16.0 Å². The van der Waals surface area contributed by atoms with Crippen LogP contribution in [0.15, 0.2) is 70.7 Å². The number of hydrogen-bond acceptors (Lipinski definition) is 4.